The van der Waals surface area contributed by atoms with Crippen molar-refractivity contribution in [1.29, 1.82) is 5.26 Å². The van der Waals surface area contributed by atoms with Crippen LogP contribution in [0.2, 0.25) is 0 Å². The third kappa shape index (κ3) is 1.29. The number of hydrogen-bond donors (Lipinski definition) is 1. The molecule has 5 rings (SSSR count). The van der Waals surface area contributed by atoms with Gasteiger partial charge in [0.15, 0.2) is 23.8 Å². The van der Waals surface area contributed by atoms with E-state index in [1.54, 1.807) is 13.2 Å². The molecule has 0 aromatic heterocycles. The molecule has 0 amide bonds. The van der Waals surface area contributed by atoms with Crippen LogP contribution in [0, 0.1) is 11.5 Å². The summed E-state index contributed by atoms with van der Waals surface area (Å²) < 4.78 is 11.8. The molecule has 1 N–H and O–H groups in total. The van der Waals surface area contributed by atoms with Crippen LogP contribution in [-0.4, -0.2) is 35.8 Å². The van der Waals surface area contributed by atoms with Crippen molar-refractivity contribution < 1.29 is 14.6 Å². The van der Waals surface area contributed by atoms with Crippen molar-refractivity contribution in [3.8, 4) is 17.7 Å². The first-order valence-corrected chi connectivity index (χ1v) is 7.85. The zero-order valence-corrected chi connectivity index (χ0v) is 12.7. The first-order valence-electron chi connectivity index (χ1n) is 7.85. The van der Waals surface area contributed by atoms with Crippen molar-refractivity contribution in [2.24, 2.45) is 0 Å². The fraction of sp³-hybridized carbons (Fsp3) is 0.389. The van der Waals surface area contributed by atoms with Gasteiger partial charge in [0, 0.05) is 12.1 Å². The topological polar surface area (TPSA) is 65.7 Å². The summed E-state index contributed by atoms with van der Waals surface area (Å²) >= 11 is 0. The van der Waals surface area contributed by atoms with E-state index in [1.165, 1.54) is 11.1 Å². The van der Waals surface area contributed by atoms with E-state index >= 15 is 0 Å². The van der Waals surface area contributed by atoms with Gasteiger partial charge in [-0.1, -0.05) is 12.1 Å². The van der Waals surface area contributed by atoms with Gasteiger partial charge >= 0.3 is 0 Å². The van der Waals surface area contributed by atoms with E-state index in [0.717, 1.165) is 24.2 Å². The summed E-state index contributed by atoms with van der Waals surface area (Å²) in [6.45, 7) is 0.698. The molecule has 1 saturated heterocycles. The minimum absolute atomic E-state index is 0.0671. The Morgan fingerprint density at radius 2 is 2.30 bits per heavy atom. The van der Waals surface area contributed by atoms with E-state index < -0.39 is 0 Å². The maximum Gasteiger partial charge on any atom is 0.179 e. The maximum atomic E-state index is 10.3. The molecule has 0 saturated carbocycles. The standard InChI is InChI=1S/C18H16N2O3/c1-22-14-5-3-11-12-8-10-2-4-13(21)16-15(10)18(11,17(14)23-16)6-7-20(12)9-19/h2-5,12,17,21H,6-8H2,1H3/t12-,17+,18+/m1/s1. The molecule has 1 aromatic rings. The van der Waals surface area contributed by atoms with Crippen molar-refractivity contribution in [3.05, 3.63) is 46.7 Å². The van der Waals surface area contributed by atoms with Crippen LogP contribution in [0.1, 0.15) is 17.5 Å². The number of aromatic hydroxyl groups is 1. The van der Waals surface area contributed by atoms with E-state index in [1.807, 2.05) is 17.0 Å². The minimum Gasteiger partial charge on any atom is -0.504 e. The monoisotopic (exact) mass is 308 g/mol. The van der Waals surface area contributed by atoms with Gasteiger partial charge in [0.25, 0.3) is 0 Å². The molecule has 2 bridgehead atoms. The lowest BCUT2D eigenvalue weighted by Crippen LogP contribution is -2.58. The number of nitrogens with zero attached hydrogens (tertiary/aromatic N) is 2. The van der Waals surface area contributed by atoms with E-state index in [-0.39, 0.29) is 23.3 Å². The van der Waals surface area contributed by atoms with Crippen LogP contribution >= 0.6 is 0 Å². The van der Waals surface area contributed by atoms with Crippen molar-refractivity contribution >= 4 is 0 Å². The molecule has 1 fully saturated rings. The molecule has 0 radical (unpaired) electrons. The normalized spacial score (nSPS) is 32.3. The van der Waals surface area contributed by atoms with Crippen LogP contribution < -0.4 is 4.74 Å². The van der Waals surface area contributed by atoms with Crippen LogP contribution in [0.3, 0.4) is 0 Å². The van der Waals surface area contributed by atoms with Gasteiger partial charge < -0.3 is 19.5 Å². The number of allylic oxidation sites excluding steroid dienone is 2. The number of likely N-dealkylation sites (tertiary alicyclic amines) is 1. The van der Waals surface area contributed by atoms with Gasteiger partial charge in [-0.2, -0.15) is 5.26 Å². The van der Waals surface area contributed by atoms with E-state index in [0.29, 0.717) is 12.3 Å². The van der Waals surface area contributed by atoms with Gasteiger partial charge in [-0.25, -0.2) is 0 Å². The zero-order chi connectivity index (χ0) is 15.8. The van der Waals surface area contributed by atoms with Crippen LogP contribution in [0.25, 0.3) is 0 Å². The number of rotatable bonds is 1. The Balaban J connectivity index is 1.84. The maximum absolute atomic E-state index is 10.3. The lowest BCUT2D eigenvalue weighted by atomic mass is 9.57. The molecule has 23 heavy (non-hydrogen) atoms. The largest absolute Gasteiger partial charge is 0.504 e. The highest BCUT2D eigenvalue weighted by atomic mass is 16.5. The molecular weight excluding hydrogens is 292 g/mol. The van der Waals surface area contributed by atoms with E-state index in [2.05, 4.69) is 12.3 Å². The van der Waals surface area contributed by atoms with E-state index in [9.17, 15) is 10.4 Å². The SMILES string of the molecule is COC1=CC=C2[C@H]3Cc4ccc(O)c5c4[C@@]2(CCN3C#N)[C@H]1O5. The molecule has 5 heteroatoms. The average molecular weight is 308 g/mol. The Bertz CT molecular complexity index is 835. The van der Waals surface area contributed by atoms with Crippen molar-refractivity contribution in [1.82, 2.24) is 4.90 Å². The summed E-state index contributed by atoms with van der Waals surface area (Å²) in [5.41, 5.74) is 3.18. The molecule has 116 valence electrons. The Morgan fingerprint density at radius 3 is 3.09 bits per heavy atom. The fourth-order valence-corrected chi connectivity index (χ4v) is 4.90. The third-order valence-corrected chi connectivity index (χ3v) is 5.81. The second-order valence-electron chi connectivity index (χ2n) is 6.58. The number of piperidine rings is 1. The average Bonchev–Trinajstić information content (AvgIpc) is 2.91. The summed E-state index contributed by atoms with van der Waals surface area (Å²) in [6, 6.07) is 3.73. The predicted octanol–water partition coefficient (Wildman–Crippen LogP) is 1.97. The van der Waals surface area contributed by atoms with Crippen LogP contribution in [0.5, 0.6) is 11.5 Å². The van der Waals surface area contributed by atoms with Gasteiger partial charge in [-0.05, 0) is 36.1 Å². The van der Waals surface area contributed by atoms with Crippen LogP contribution in [-0.2, 0) is 16.6 Å². The number of methoxy groups -OCH3 is 1. The lowest BCUT2D eigenvalue weighted by molar-refractivity contribution is 0.0811. The molecule has 2 aliphatic heterocycles. The molecule has 0 unspecified atom stereocenters. The van der Waals surface area contributed by atoms with Crippen molar-refractivity contribution in [2.45, 2.75) is 30.4 Å². The van der Waals surface area contributed by atoms with Gasteiger partial charge in [0.05, 0.1) is 18.6 Å². The highest BCUT2D eigenvalue weighted by Crippen LogP contribution is 2.62. The molecule has 2 heterocycles. The quantitative estimate of drug-likeness (QED) is 0.804. The lowest BCUT2D eigenvalue weighted by Gasteiger charge is -2.52. The molecular formula is C18H16N2O3. The summed E-state index contributed by atoms with van der Waals surface area (Å²) in [5, 5.41) is 19.8. The summed E-state index contributed by atoms with van der Waals surface area (Å²) in [4.78, 5) is 1.87. The number of phenols is 1. The highest BCUT2D eigenvalue weighted by molar-refractivity contribution is 5.67. The molecule has 1 spiro atoms. The van der Waals surface area contributed by atoms with Gasteiger partial charge in [0.2, 0.25) is 0 Å². The second-order valence-corrected chi connectivity index (χ2v) is 6.58. The Kier molecular flexibility index (Phi) is 2.25. The third-order valence-electron chi connectivity index (χ3n) is 5.81. The number of hydrogen-bond acceptors (Lipinski definition) is 5. The van der Waals surface area contributed by atoms with Gasteiger partial charge in [-0.3, -0.25) is 0 Å². The van der Waals surface area contributed by atoms with Crippen LogP contribution in [0.4, 0.5) is 0 Å². The highest BCUT2D eigenvalue weighted by Gasteiger charge is 2.62. The van der Waals surface area contributed by atoms with E-state index in [4.69, 9.17) is 9.47 Å². The first kappa shape index (κ1) is 12.9. The molecule has 4 aliphatic rings. The molecule has 1 aromatic carbocycles. The van der Waals surface area contributed by atoms with Crippen molar-refractivity contribution in [2.75, 3.05) is 13.7 Å². The summed E-state index contributed by atoms with van der Waals surface area (Å²) in [5.74, 6) is 1.55. The molecule has 2 aliphatic carbocycles. The van der Waals surface area contributed by atoms with Gasteiger partial charge in [-0.15, -0.1) is 0 Å². The number of benzene rings is 1. The molecule has 3 atom stereocenters. The Hall–Kier alpha value is -2.61. The van der Waals surface area contributed by atoms with Crippen LogP contribution in [0.15, 0.2) is 35.6 Å². The fourth-order valence-electron chi connectivity index (χ4n) is 4.90. The smallest absolute Gasteiger partial charge is 0.179 e. The second kappa shape index (κ2) is 4.02. The minimum atomic E-state index is -0.306. The summed E-state index contributed by atoms with van der Waals surface area (Å²) in [7, 11) is 1.65. The Morgan fingerprint density at radius 1 is 1.43 bits per heavy atom. The van der Waals surface area contributed by atoms with Gasteiger partial charge in [0.1, 0.15) is 5.76 Å². The number of nitriles is 1. The Labute approximate surface area is 134 Å². The number of ether oxygens (including phenoxy) is 2. The first-order chi connectivity index (χ1) is 11.2. The number of phenolic OH excluding ortho intramolecular Hbond substituents is 1. The summed E-state index contributed by atoms with van der Waals surface area (Å²) in [6.07, 6.45) is 7.69. The predicted molar refractivity (Wildman–Crippen MR) is 81.8 cm³/mol. The zero-order valence-electron chi connectivity index (χ0n) is 12.7. The van der Waals surface area contributed by atoms with Crippen molar-refractivity contribution in [3.63, 3.8) is 0 Å². The molecule has 5 nitrogen and oxygen atoms in total.